The van der Waals surface area contributed by atoms with Crippen molar-refractivity contribution in [1.29, 1.82) is 0 Å². The van der Waals surface area contributed by atoms with Crippen LogP contribution in [0.3, 0.4) is 0 Å². The van der Waals surface area contributed by atoms with Crippen LogP contribution in [0.25, 0.3) is 0 Å². The fourth-order valence-corrected chi connectivity index (χ4v) is 3.13. The maximum absolute atomic E-state index is 12.7. The minimum atomic E-state index is -0.0866. The summed E-state index contributed by atoms with van der Waals surface area (Å²) in [6.07, 6.45) is 4.43. The Bertz CT molecular complexity index is 733. The molecule has 3 rings (SSSR count). The largest absolute Gasteiger partial charge is 0.491 e. The highest BCUT2D eigenvalue weighted by Crippen LogP contribution is 2.24. The van der Waals surface area contributed by atoms with E-state index >= 15 is 0 Å². The molecule has 1 aliphatic heterocycles. The number of piperazine rings is 1. The second kappa shape index (κ2) is 10.6. The molecule has 2 aromatic rings. The predicted octanol–water partition coefficient (Wildman–Crippen LogP) is 2.85. The molecule has 0 unspecified atom stereocenters. The molecular formula is C21H28N4O3. The van der Waals surface area contributed by atoms with E-state index in [2.05, 4.69) is 15.2 Å². The molecule has 0 aliphatic carbocycles. The van der Waals surface area contributed by atoms with Gasteiger partial charge in [0.15, 0.2) is 0 Å². The number of hydrogen-bond donors (Lipinski definition) is 1. The van der Waals surface area contributed by atoms with Gasteiger partial charge < -0.3 is 19.7 Å². The van der Waals surface area contributed by atoms with Crippen molar-refractivity contribution in [3.63, 3.8) is 0 Å². The van der Waals surface area contributed by atoms with Crippen molar-refractivity contribution < 1.29 is 14.3 Å². The van der Waals surface area contributed by atoms with Crippen LogP contribution in [0.5, 0.6) is 5.75 Å². The molecule has 7 nitrogen and oxygen atoms in total. The molecule has 28 heavy (non-hydrogen) atoms. The first-order valence-electron chi connectivity index (χ1n) is 9.64. The fourth-order valence-electron chi connectivity index (χ4n) is 3.13. The van der Waals surface area contributed by atoms with Crippen LogP contribution >= 0.6 is 0 Å². The van der Waals surface area contributed by atoms with E-state index in [1.165, 1.54) is 5.56 Å². The van der Waals surface area contributed by atoms with Crippen LogP contribution in [0.2, 0.25) is 0 Å². The van der Waals surface area contributed by atoms with Crippen LogP contribution in [0.4, 0.5) is 10.5 Å². The molecule has 0 spiro atoms. The zero-order valence-corrected chi connectivity index (χ0v) is 16.3. The van der Waals surface area contributed by atoms with Gasteiger partial charge in [-0.1, -0.05) is 12.1 Å². The molecule has 2 heterocycles. The molecular weight excluding hydrogens is 356 g/mol. The van der Waals surface area contributed by atoms with Gasteiger partial charge in [-0.25, -0.2) is 4.79 Å². The molecule has 0 bridgehead atoms. The van der Waals surface area contributed by atoms with E-state index < -0.39 is 0 Å². The number of carbonyl (C=O) groups excluding carboxylic acids is 1. The number of anilines is 1. The number of urea groups is 1. The van der Waals surface area contributed by atoms with Crippen LogP contribution < -0.4 is 10.1 Å². The Labute approximate surface area is 166 Å². The molecule has 0 saturated carbocycles. The number of nitrogens with zero attached hydrogens (tertiary/aromatic N) is 3. The van der Waals surface area contributed by atoms with Crippen molar-refractivity contribution >= 4 is 11.7 Å². The lowest BCUT2D eigenvalue weighted by Crippen LogP contribution is -2.49. The Kier molecular flexibility index (Phi) is 7.63. The molecule has 2 amide bonds. The van der Waals surface area contributed by atoms with E-state index in [9.17, 15) is 4.79 Å². The number of rotatable bonds is 8. The van der Waals surface area contributed by atoms with Gasteiger partial charge in [-0.3, -0.25) is 9.88 Å². The van der Waals surface area contributed by atoms with Crippen LogP contribution in [-0.2, 0) is 11.3 Å². The van der Waals surface area contributed by atoms with Crippen LogP contribution in [0, 0.1) is 0 Å². The van der Waals surface area contributed by atoms with Crippen LogP contribution in [0.1, 0.15) is 12.0 Å². The Hall–Kier alpha value is -2.64. The lowest BCUT2D eigenvalue weighted by molar-refractivity contribution is 0.143. The molecule has 150 valence electrons. The van der Waals surface area contributed by atoms with Crippen LogP contribution in [-0.4, -0.2) is 67.3 Å². The number of para-hydroxylation sites is 2. The number of pyridine rings is 1. The third-order valence-electron chi connectivity index (χ3n) is 4.69. The van der Waals surface area contributed by atoms with Gasteiger partial charge in [0.05, 0.1) is 12.3 Å². The average molecular weight is 384 g/mol. The zero-order chi connectivity index (χ0) is 19.6. The molecule has 1 fully saturated rings. The molecule has 1 aromatic heterocycles. The summed E-state index contributed by atoms with van der Waals surface area (Å²) < 4.78 is 10.8. The minimum absolute atomic E-state index is 0.0866. The van der Waals surface area contributed by atoms with Gasteiger partial charge in [0.1, 0.15) is 5.75 Å². The highest BCUT2D eigenvalue weighted by Gasteiger charge is 2.21. The van der Waals surface area contributed by atoms with Gasteiger partial charge in [0.25, 0.3) is 0 Å². The Morgan fingerprint density at radius 2 is 1.82 bits per heavy atom. The summed E-state index contributed by atoms with van der Waals surface area (Å²) in [7, 11) is 1.67. The summed E-state index contributed by atoms with van der Waals surface area (Å²) in [6, 6.07) is 11.5. The number of benzene rings is 1. The van der Waals surface area contributed by atoms with Crippen molar-refractivity contribution in [1.82, 2.24) is 14.8 Å². The van der Waals surface area contributed by atoms with E-state index in [-0.39, 0.29) is 6.03 Å². The number of nitrogens with one attached hydrogen (secondary N) is 1. The normalized spacial score (nSPS) is 14.7. The number of carbonyl (C=O) groups is 1. The highest BCUT2D eigenvalue weighted by atomic mass is 16.5. The van der Waals surface area contributed by atoms with Crippen molar-refractivity contribution in [2.75, 3.05) is 51.8 Å². The van der Waals surface area contributed by atoms with E-state index in [1.54, 1.807) is 7.11 Å². The van der Waals surface area contributed by atoms with Crippen molar-refractivity contribution in [3.8, 4) is 5.75 Å². The lowest BCUT2D eigenvalue weighted by atomic mass is 10.2. The quantitative estimate of drug-likeness (QED) is 0.709. The van der Waals surface area contributed by atoms with Gasteiger partial charge in [-0.05, 0) is 29.8 Å². The van der Waals surface area contributed by atoms with E-state index in [4.69, 9.17) is 9.47 Å². The Morgan fingerprint density at radius 3 is 2.57 bits per heavy atom. The van der Waals surface area contributed by atoms with E-state index in [1.807, 2.05) is 53.7 Å². The Morgan fingerprint density at radius 1 is 1.07 bits per heavy atom. The second-order valence-electron chi connectivity index (χ2n) is 6.74. The van der Waals surface area contributed by atoms with Crippen LogP contribution in [0.15, 0.2) is 48.8 Å². The van der Waals surface area contributed by atoms with Crippen molar-refractivity contribution in [3.05, 3.63) is 54.4 Å². The maximum atomic E-state index is 12.7. The van der Waals surface area contributed by atoms with Gasteiger partial charge >= 0.3 is 6.03 Å². The summed E-state index contributed by atoms with van der Waals surface area (Å²) >= 11 is 0. The first-order chi connectivity index (χ1) is 13.8. The van der Waals surface area contributed by atoms with Gasteiger partial charge in [-0.15, -0.1) is 0 Å². The van der Waals surface area contributed by atoms with Gasteiger partial charge in [0.2, 0.25) is 0 Å². The van der Waals surface area contributed by atoms with Crippen molar-refractivity contribution in [2.24, 2.45) is 0 Å². The first kappa shape index (κ1) is 20.1. The van der Waals surface area contributed by atoms with Gasteiger partial charge in [-0.2, -0.15) is 0 Å². The van der Waals surface area contributed by atoms with Crippen molar-refractivity contribution in [2.45, 2.75) is 13.0 Å². The zero-order valence-electron chi connectivity index (χ0n) is 16.3. The summed E-state index contributed by atoms with van der Waals surface area (Å²) in [5, 5.41) is 2.99. The van der Waals surface area contributed by atoms with E-state index in [0.717, 1.165) is 26.1 Å². The second-order valence-corrected chi connectivity index (χ2v) is 6.74. The number of hydrogen-bond acceptors (Lipinski definition) is 5. The Balaban J connectivity index is 1.48. The maximum Gasteiger partial charge on any atom is 0.322 e. The molecule has 1 N–H and O–H groups in total. The molecule has 0 atom stereocenters. The highest BCUT2D eigenvalue weighted by molar-refractivity contribution is 5.91. The molecule has 1 saturated heterocycles. The van der Waals surface area contributed by atoms with Gasteiger partial charge in [0, 0.05) is 65.3 Å². The molecule has 7 heteroatoms. The summed E-state index contributed by atoms with van der Waals surface area (Å²) in [5.74, 6) is 0.684. The minimum Gasteiger partial charge on any atom is -0.491 e. The third-order valence-corrected chi connectivity index (χ3v) is 4.69. The third kappa shape index (κ3) is 5.94. The number of amides is 2. The molecule has 0 radical (unpaired) electrons. The lowest BCUT2D eigenvalue weighted by Gasteiger charge is -2.34. The first-order valence-corrected chi connectivity index (χ1v) is 9.64. The predicted molar refractivity (Wildman–Crippen MR) is 109 cm³/mol. The number of methoxy groups -OCH3 is 1. The SMILES string of the molecule is COCCCOc1ccccc1NC(=O)N1CCN(Cc2ccncc2)CC1. The standard InChI is InChI=1S/C21H28N4O3/c1-27-15-4-16-28-20-6-3-2-5-19(20)23-21(26)25-13-11-24(12-14-25)17-18-7-9-22-10-8-18/h2-3,5-10H,4,11-17H2,1H3,(H,23,26). The summed E-state index contributed by atoms with van der Waals surface area (Å²) in [6.45, 7) is 5.19. The summed E-state index contributed by atoms with van der Waals surface area (Å²) in [4.78, 5) is 20.9. The number of aromatic nitrogens is 1. The average Bonchev–Trinajstić information content (AvgIpc) is 2.73. The fraction of sp³-hybridized carbons (Fsp3) is 0.429. The molecule has 1 aliphatic rings. The summed E-state index contributed by atoms with van der Waals surface area (Å²) in [5.41, 5.74) is 1.94. The number of ether oxygens (including phenoxy) is 2. The smallest absolute Gasteiger partial charge is 0.322 e. The topological polar surface area (TPSA) is 66.9 Å². The molecule has 1 aromatic carbocycles. The monoisotopic (exact) mass is 384 g/mol. The van der Waals surface area contributed by atoms with E-state index in [0.29, 0.717) is 37.7 Å².